The smallest absolute Gasteiger partial charge is 0.550 e. The van der Waals surface area contributed by atoms with E-state index >= 15 is 0 Å². The van der Waals surface area contributed by atoms with E-state index in [1.807, 2.05) is 0 Å². The van der Waals surface area contributed by atoms with E-state index in [9.17, 15) is 23.1 Å². The molecule has 0 saturated carbocycles. The molecule has 0 aliphatic rings. The second-order valence-electron chi connectivity index (χ2n) is 2.50. The first-order valence-corrected chi connectivity index (χ1v) is 5.23. The quantitative estimate of drug-likeness (QED) is 0.220. The molecule has 0 aliphatic heterocycles. The fourth-order valence-corrected chi connectivity index (χ4v) is 1.35. The molecule has 9 heteroatoms. The predicted molar refractivity (Wildman–Crippen MR) is 46.1 cm³/mol. The Kier molecular flexibility index (Phi) is 8.76. The Morgan fingerprint density at radius 2 is 2.00 bits per heavy atom. The number of rotatable bonds is 6. The summed E-state index contributed by atoms with van der Waals surface area (Å²) < 4.78 is 34.1. The van der Waals surface area contributed by atoms with Crippen LogP contribution < -0.4 is 34.7 Å². The number of carboxylic acids is 1. The van der Waals surface area contributed by atoms with E-state index in [4.69, 9.17) is 4.55 Å². The number of ether oxygens (including phenoxy) is 1. The molecule has 0 bridgehead atoms. The number of carbonyl (C=O) groups is 2. The molecule has 7 nitrogen and oxygen atoms in total. The number of aliphatic carboxylic acids is 1. The van der Waals surface area contributed by atoms with Crippen molar-refractivity contribution in [2.45, 2.75) is 11.7 Å². The minimum atomic E-state index is -4.82. The minimum Gasteiger partial charge on any atom is -0.550 e. The Morgan fingerprint density at radius 3 is 2.31 bits per heavy atom. The molecule has 0 aliphatic carbocycles. The van der Waals surface area contributed by atoms with Gasteiger partial charge in [0.1, 0.15) is 6.61 Å². The first kappa shape index (κ1) is 18.0. The van der Waals surface area contributed by atoms with E-state index in [1.165, 1.54) is 0 Å². The second-order valence-corrected chi connectivity index (χ2v) is 4.10. The van der Waals surface area contributed by atoms with Crippen molar-refractivity contribution in [1.29, 1.82) is 0 Å². The standard InChI is InChI=1S/C7H10O7S.Na/c1-2-3-14-7(10)5(4-6(8)9)15(11,12)13;/h2,5H,1,3-4H2,(H,8,9)(H,11,12,13);/q;+1/p-1. The van der Waals surface area contributed by atoms with Gasteiger partial charge in [-0.15, -0.1) is 0 Å². The summed E-state index contributed by atoms with van der Waals surface area (Å²) in [6.45, 7) is 2.92. The Balaban J connectivity index is 0. The molecule has 0 spiro atoms. The van der Waals surface area contributed by atoms with Crippen LogP contribution in [0.5, 0.6) is 0 Å². The monoisotopic (exact) mass is 260 g/mol. The molecule has 16 heavy (non-hydrogen) atoms. The van der Waals surface area contributed by atoms with Crippen LogP contribution in [0.2, 0.25) is 0 Å². The summed E-state index contributed by atoms with van der Waals surface area (Å²) in [6, 6.07) is 0. The van der Waals surface area contributed by atoms with Gasteiger partial charge in [0.25, 0.3) is 10.1 Å². The van der Waals surface area contributed by atoms with E-state index < -0.39 is 33.7 Å². The number of hydrogen-bond acceptors (Lipinski definition) is 6. The zero-order chi connectivity index (χ0) is 12.1. The largest absolute Gasteiger partial charge is 1.00 e. The van der Waals surface area contributed by atoms with Crippen molar-refractivity contribution in [2.24, 2.45) is 0 Å². The van der Waals surface area contributed by atoms with Gasteiger partial charge < -0.3 is 14.6 Å². The van der Waals surface area contributed by atoms with Crippen molar-refractivity contribution in [3.05, 3.63) is 12.7 Å². The molecule has 0 fully saturated rings. The maximum atomic E-state index is 11.0. The fraction of sp³-hybridized carbons (Fsp3) is 0.429. The Labute approximate surface area is 115 Å². The Morgan fingerprint density at radius 1 is 1.50 bits per heavy atom. The van der Waals surface area contributed by atoms with Crippen LogP contribution in [-0.2, 0) is 24.4 Å². The molecule has 0 radical (unpaired) electrons. The molecule has 0 aromatic carbocycles. The van der Waals surface area contributed by atoms with Gasteiger partial charge in [0.15, 0.2) is 5.25 Å². The zero-order valence-electron chi connectivity index (χ0n) is 8.58. The first-order valence-electron chi connectivity index (χ1n) is 3.72. The maximum Gasteiger partial charge on any atom is 1.00 e. The molecule has 1 atom stereocenters. The zero-order valence-corrected chi connectivity index (χ0v) is 11.4. The first-order chi connectivity index (χ1) is 6.79. The van der Waals surface area contributed by atoms with Crippen molar-refractivity contribution >= 4 is 22.1 Å². The van der Waals surface area contributed by atoms with Gasteiger partial charge in [-0.1, -0.05) is 12.7 Å². The summed E-state index contributed by atoms with van der Waals surface area (Å²) >= 11 is 0. The third-order valence-electron chi connectivity index (χ3n) is 1.32. The van der Waals surface area contributed by atoms with Gasteiger partial charge in [-0.3, -0.25) is 9.35 Å². The average molecular weight is 260 g/mol. The van der Waals surface area contributed by atoms with Crippen molar-refractivity contribution in [3.8, 4) is 0 Å². The van der Waals surface area contributed by atoms with Gasteiger partial charge in [-0.05, 0) is 0 Å². The Bertz CT molecular complexity index is 361. The summed E-state index contributed by atoms with van der Waals surface area (Å²) in [5.41, 5.74) is 0. The number of hydrogen-bond donors (Lipinski definition) is 1. The van der Waals surface area contributed by atoms with Crippen molar-refractivity contribution in [1.82, 2.24) is 0 Å². The molecule has 0 amide bonds. The molecule has 1 unspecified atom stereocenters. The van der Waals surface area contributed by atoms with Gasteiger partial charge in [-0.2, -0.15) is 8.42 Å². The molecule has 86 valence electrons. The van der Waals surface area contributed by atoms with Crippen LogP contribution >= 0.6 is 0 Å². The Hall–Kier alpha value is -0.410. The van der Waals surface area contributed by atoms with Crippen LogP contribution in [0.25, 0.3) is 0 Å². The number of carboxylic acid groups (broad SMARTS) is 1. The maximum absolute atomic E-state index is 11.0. The molecule has 0 aromatic rings. The minimum absolute atomic E-state index is 0. The van der Waals surface area contributed by atoms with Gasteiger partial charge >= 0.3 is 35.5 Å². The van der Waals surface area contributed by atoms with E-state index in [0.717, 1.165) is 6.08 Å². The van der Waals surface area contributed by atoms with Gasteiger partial charge in [0.05, 0.1) is 0 Å². The molecule has 0 aromatic heterocycles. The van der Waals surface area contributed by atoms with Gasteiger partial charge in [0.2, 0.25) is 0 Å². The van der Waals surface area contributed by atoms with Gasteiger partial charge in [0, 0.05) is 12.4 Å². The fourth-order valence-electron chi connectivity index (χ4n) is 0.696. The van der Waals surface area contributed by atoms with E-state index in [1.54, 1.807) is 0 Å². The second kappa shape index (κ2) is 7.80. The summed E-state index contributed by atoms with van der Waals surface area (Å²) in [5.74, 6) is -3.14. The summed E-state index contributed by atoms with van der Waals surface area (Å²) in [6.07, 6.45) is 0.00673. The summed E-state index contributed by atoms with van der Waals surface area (Å²) in [4.78, 5) is 21.1. The van der Waals surface area contributed by atoms with Crippen LogP contribution in [0.4, 0.5) is 0 Å². The van der Waals surface area contributed by atoms with Crippen molar-refractivity contribution in [2.75, 3.05) is 6.61 Å². The molecular formula is C7H9NaO7S. The predicted octanol–water partition coefficient (Wildman–Crippen LogP) is -4.88. The average Bonchev–Trinajstić information content (AvgIpc) is 2.08. The van der Waals surface area contributed by atoms with Crippen LogP contribution in [-0.4, -0.2) is 36.8 Å². The molecule has 0 rings (SSSR count). The third-order valence-corrected chi connectivity index (χ3v) is 2.40. The SMILES string of the molecule is C=CCOC(=O)C(CC(=O)[O-])S(=O)(=O)O.[Na+]. The van der Waals surface area contributed by atoms with Crippen LogP contribution in [0.1, 0.15) is 6.42 Å². The number of carbonyl (C=O) groups excluding carboxylic acids is 2. The molecule has 0 saturated heterocycles. The van der Waals surface area contributed by atoms with Crippen LogP contribution in [0, 0.1) is 0 Å². The molecular weight excluding hydrogens is 251 g/mol. The van der Waals surface area contributed by atoms with Crippen LogP contribution in [0.15, 0.2) is 12.7 Å². The van der Waals surface area contributed by atoms with E-state index in [2.05, 4.69) is 11.3 Å². The van der Waals surface area contributed by atoms with Gasteiger partial charge in [-0.25, -0.2) is 0 Å². The third kappa shape index (κ3) is 6.96. The molecule has 0 heterocycles. The normalized spacial score (nSPS) is 12.1. The summed E-state index contributed by atoms with van der Waals surface area (Å²) in [7, 11) is -4.82. The van der Waals surface area contributed by atoms with E-state index in [-0.39, 0.29) is 36.2 Å². The van der Waals surface area contributed by atoms with Crippen LogP contribution in [0.3, 0.4) is 0 Å². The topological polar surface area (TPSA) is 121 Å². The molecule has 1 N–H and O–H groups in total. The van der Waals surface area contributed by atoms with E-state index in [0.29, 0.717) is 0 Å². The van der Waals surface area contributed by atoms with Crippen molar-refractivity contribution in [3.63, 3.8) is 0 Å². The van der Waals surface area contributed by atoms with Crippen molar-refractivity contribution < 1.29 is 62.0 Å². The number of esters is 1. The summed E-state index contributed by atoms with van der Waals surface area (Å²) in [5, 5.41) is 7.96.